The van der Waals surface area contributed by atoms with Gasteiger partial charge in [-0.25, -0.2) is 4.98 Å². The Morgan fingerprint density at radius 3 is 3.00 bits per heavy atom. The van der Waals surface area contributed by atoms with Gasteiger partial charge in [0.15, 0.2) is 0 Å². The number of ether oxygens (including phenoxy) is 1. The number of hydrogen-bond donors (Lipinski definition) is 0. The van der Waals surface area contributed by atoms with Gasteiger partial charge in [0.25, 0.3) is 0 Å². The number of nitrogens with zero attached hydrogens (tertiary/aromatic N) is 2. The molecule has 1 heterocycles. The molecule has 0 aliphatic heterocycles. The van der Waals surface area contributed by atoms with E-state index >= 15 is 0 Å². The molecule has 0 saturated carbocycles. The first-order valence-corrected chi connectivity index (χ1v) is 5.32. The SMILES string of the molecule is COC1CCCc2ncn(C(C)C)c21. The Morgan fingerprint density at radius 2 is 2.36 bits per heavy atom. The minimum Gasteiger partial charge on any atom is -0.375 e. The van der Waals surface area contributed by atoms with Gasteiger partial charge in [-0.1, -0.05) is 0 Å². The van der Waals surface area contributed by atoms with Crippen molar-refractivity contribution in [3.63, 3.8) is 0 Å². The predicted octanol–water partition coefficient (Wildman–Crippen LogP) is 2.49. The van der Waals surface area contributed by atoms with Crippen LogP contribution in [0.4, 0.5) is 0 Å². The Bertz CT molecular complexity index is 317. The zero-order valence-corrected chi connectivity index (χ0v) is 9.16. The molecule has 1 aromatic heterocycles. The summed E-state index contributed by atoms with van der Waals surface area (Å²) in [5, 5.41) is 0. The maximum absolute atomic E-state index is 5.51. The summed E-state index contributed by atoms with van der Waals surface area (Å²) in [6.45, 7) is 4.37. The van der Waals surface area contributed by atoms with Gasteiger partial charge in [-0.15, -0.1) is 0 Å². The van der Waals surface area contributed by atoms with E-state index in [2.05, 4.69) is 23.4 Å². The van der Waals surface area contributed by atoms with Crippen LogP contribution in [-0.2, 0) is 11.2 Å². The molecule has 1 unspecified atom stereocenters. The van der Waals surface area contributed by atoms with Crippen molar-refractivity contribution in [2.24, 2.45) is 0 Å². The molecule has 0 radical (unpaired) electrons. The first-order valence-electron chi connectivity index (χ1n) is 5.32. The second-order valence-electron chi connectivity index (χ2n) is 4.19. The van der Waals surface area contributed by atoms with E-state index in [1.807, 2.05) is 6.33 Å². The van der Waals surface area contributed by atoms with E-state index in [4.69, 9.17) is 4.74 Å². The topological polar surface area (TPSA) is 27.1 Å². The third-order valence-corrected chi connectivity index (χ3v) is 2.94. The number of fused-ring (bicyclic) bond motifs is 1. The van der Waals surface area contributed by atoms with Gasteiger partial charge in [-0.3, -0.25) is 0 Å². The smallest absolute Gasteiger partial charge is 0.0989 e. The first-order chi connectivity index (χ1) is 6.74. The van der Waals surface area contributed by atoms with Crippen LogP contribution in [0, 0.1) is 0 Å². The van der Waals surface area contributed by atoms with Crippen LogP contribution >= 0.6 is 0 Å². The fraction of sp³-hybridized carbons (Fsp3) is 0.727. The van der Waals surface area contributed by atoms with Crippen LogP contribution in [0.3, 0.4) is 0 Å². The van der Waals surface area contributed by atoms with Crippen molar-refractivity contribution in [2.75, 3.05) is 7.11 Å². The number of aromatic nitrogens is 2. The lowest BCUT2D eigenvalue weighted by Crippen LogP contribution is -2.16. The van der Waals surface area contributed by atoms with Crippen molar-refractivity contribution in [3.05, 3.63) is 17.7 Å². The number of aryl methyl sites for hydroxylation is 1. The van der Waals surface area contributed by atoms with Crippen LogP contribution in [0.1, 0.15) is 50.2 Å². The lowest BCUT2D eigenvalue weighted by molar-refractivity contribution is 0.0801. The molecule has 0 bridgehead atoms. The van der Waals surface area contributed by atoms with Crippen LogP contribution in [-0.4, -0.2) is 16.7 Å². The molecule has 3 nitrogen and oxygen atoms in total. The summed E-state index contributed by atoms with van der Waals surface area (Å²) in [5.41, 5.74) is 2.53. The highest BCUT2D eigenvalue weighted by molar-refractivity contribution is 5.20. The van der Waals surface area contributed by atoms with Crippen LogP contribution in [0.5, 0.6) is 0 Å². The van der Waals surface area contributed by atoms with Gasteiger partial charge in [0, 0.05) is 13.2 Å². The number of methoxy groups -OCH3 is 1. The van der Waals surface area contributed by atoms with Crippen LogP contribution in [0.25, 0.3) is 0 Å². The van der Waals surface area contributed by atoms with Gasteiger partial charge in [0.05, 0.1) is 23.8 Å². The summed E-state index contributed by atoms with van der Waals surface area (Å²) in [6.07, 6.45) is 5.63. The van der Waals surface area contributed by atoms with Gasteiger partial charge >= 0.3 is 0 Å². The summed E-state index contributed by atoms with van der Waals surface area (Å²) < 4.78 is 7.74. The summed E-state index contributed by atoms with van der Waals surface area (Å²) in [7, 11) is 1.79. The van der Waals surface area contributed by atoms with Crippen molar-refractivity contribution in [1.29, 1.82) is 0 Å². The molecule has 0 fully saturated rings. The molecule has 1 aromatic rings. The van der Waals surface area contributed by atoms with Gasteiger partial charge in [0.2, 0.25) is 0 Å². The first kappa shape index (κ1) is 9.71. The molecule has 0 aromatic carbocycles. The van der Waals surface area contributed by atoms with Gasteiger partial charge in [-0.05, 0) is 33.1 Å². The van der Waals surface area contributed by atoms with Gasteiger partial charge in [-0.2, -0.15) is 0 Å². The minimum atomic E-state index is 0.253. The molecule has 0 spiro atoms. The summed E-state index contributed by atoms with van der Waals surface area (Å²) >= 11 is 0. The monoisotopic (exact) mass is 194 g/mol. The molecule has 14 heavy (non-hydrogen) atoms. The number of hydrogen-bond acceptors (Lipinski definition) is 2. The molecule has 1 aliphatic rings. The van der Waals surface area contributed by atoms with Gasteiger partial charge in [0.1, 0.15) is 0 Å². The fourth-order valence-corrected chi connectivity index (χ4v) is 2.19. The highest BCUT2D eigenvalue weighted by atomic mass is 16.5. The van der Waals surface area contributed by atoms with Crippen molar-refractivity contribution in [1.82, 2.24) is 9.55 Å². The lowest BCUT2D eigenvalue weighted by atomic mass is 9.98. The average molecular weight is 194 g/mol. The molecule has 1 atom stereocenters. The molecule has 0 amide bonds. The second-order valence-corrected chi connectivity index (χ2v) is 4.19. The normalized spacial score (nSPS) is 21.3. The van der Waals surface area contributed by atoms with Crippen molar-refractivity contribution >= 4 is 0 Å². The molecule has 78 valence electrons. The van der Waals surface area contributed by atoms with Crippen LogP contribution < -0.4 is 0 Å². The van der Waals surface area contributed by atoms with Crippen molar-refractivity contribution in [2.45, 2.75) is 45.3 Å². The minimum absolute atomic E-state index is 0.253. The maximum atomic E-state index is 5.51. The molecule has 1 aliphatic carbocycles. The zero-order chi connectivity index (χ0) is 10.1. The van der Waals surface area contributed by atoms with Crippen molar-refractivity contribution in [3.8, 4) is 0 Å². The molecule has 2 rings (SSSR count). The maximum Gasteiger partial charge on any atom is 0.0989 e. The zero-order valence-electron chi connectivity index (χ0n) is 9.16. The molecule has 0 N–H and O–H groups in total. The Balaban J connectivity index is 2.41. The number of imidazole rings is 1. The summed E-state index contributed by atoms with van der Waals surface area (Å²) in [4.78, 5) is 4.46. The van der Waals surface area contributed by atoms with Gasteiger partial charge < -0.3 is 9.30 Å². The standard InChI is InChI=1S/C11H18N2O/c1-8(2)13-7-12-9-5-4-6-10(14-3)11(9)13/h7-8,10H,4-6H2,1-3H3. The average Bonchev–Trinajstić information content (AvgIpc) is 2.60. The Hall–Kier alpha value is -0.830. The Labute approximate surface area is 85.1 Å². The van der Waals surface area contributed by atoms with E-state index in [-0.39, 0.29) is 6.10 Å². The third kappa shape index (κ3) is 1.46. The molecular formula is C11H18N2O. The molecule has 3 heteroatoms. The van der Waals surface area contributed by atoms with E-state index in [0.29, 0.717) is 6.04 Å². The Kier molecular flexibility index (Phi) is 2.59. The summed E-state index contributed by atoms with van der Waals surface area (Å²) in [5.74, 6) is 0. The largest absolute Gasteiger partial charge is 0.375 e. The van der Waals surface area contributed by atoms with E-state index in [0.717, 1.165) is 12.8 Å². The molecular weight excluding hydrogens is 176 g/mol. The Morgan fingerprint density at radius 1 is 1.57 bits per heavy atom. The van der Waals surface area contributed by atoms with Crippen molar-refractivity contribution < 1.29 is 4.74 Å². The lowest BCUT2D eigenvalue weighted by Gasteiger charge is -2.24. The van der Waals surface area contributed by atoms with E-state index in [9.17, 15) is 0 Å². The fourth-order valence-electron chi connectivity index (χ4n) is 2.19. The van der Waals surface area contributed by atoms with E-state index in [1.165, 1.54) is 17.8 Å². The molecule has 0 saturated heterocycles. The quantitative estimate of drug-likeness (QED) is 0.723. The highest BCUT2D eigenvalue weighted by Crippen LogP contribution is 2.32. The summed E-state index contributed by atoms with van der Waals surface area (Å²) in [6, 6.07) is 0.474. The van der Waals surface area contributed by atoms with E-state index < -0.39 is 0 Å². The predicted molar refractivity (Wildman–Crippen MR) is 55.3 cm³/mol. The van der Waals surface area contributed by atoms with Crippen LogP contribution in [0.2, 0.25) is 0 Å². The number of rotatable bonds is 2. The van der Waals surface area contributed by atoms with E-state index in [1.54, 1.807) is 7.11 Å². The van der Waals surface area contributed by atoms with Crippen LogP contribution in [0.15, 0.2) is 6.33 Å². The second kappa shape index (κ2) is 3.73. The third-order valence-electron chi connectivity index (χ3n) is 2.94. The highest BCUT2D eigenvalue weighted by Gasteiger charge is 2.25.